The molecule has 4 heteroatoms. The van der Waals surface area contributed by atoms with Gasteiger partial charge in [-0.2, -0.15) is 0 Å². The fourth-order valence-electron chi connectivity index (χ4n) is 1.93. The number of fused-ring (bicyclic) bond motifs is 1. The van der Waals surface area contributed by atoms with Gasteiger partial charge in [0.15, 0.2) is 0 Å². The van der Waals surface area contributed by atoms with Gasteiger partial charge < -0.3 is 9.15 Å². The number of rotatable bonds is 2. The molecule has 3 rings (SSSR count). The van der Waals surface area contributed by atoms with Gasteiger partial charge in [-0.3, -0.25) is 4.98 Å². The van der Waals surface area contributed by atoms with Gasteiger partial charge in [0.2, 0.25) is 0 Å². The number of nitrogens with zero attached hydrogens (tertiary/aromatic N) is 1. The first-order valence-corrected chi connectivity index (χ1v) is 5.81. The lowest BCUT2D eigenvalue weighted by molar-refractivity contribution is 0.415. The lowest BCUT2D eigenvalue weighted by Gasteiger charge is -2.03. The third kappa shape index (κ3) is 2.08. The number of pyridine rings is 1. The highest BCUT2D eigenvalue weighted by Crippen LogP contribution is 2.23. The number of methoxy groups -OCH3 is 1. The average molecular weight is 253 g/mol. The van der Waals surface area contributed by atoms with Crippen LogP contribution in [0.25, 0.3) is 22.2 Å². The molecule has 0 aliphatic rings. The highest BCUT2D eigenvalue weighted by Gasteiger charge is 2.09. The number of ether oxygens (including phenoxy) is 1. The molecule has 1 aromatic carbocycles. The van der Waals surface area contributed by atoms with Crippen LogP contribution in [0.1, 0.15) is 0 Å². The van der Waals surface area contributed by atoms with Crippen LogP contribution in [0.3, 0.4) is 0 Å². The van der Waals surface area contributed by atoms with E-state index in [0.29, 0.717) is 22.6 Å². The minimum atomic E-state index is -0.392. The predicted octanol–water partition coefficient (Wildman–Crippen LogP) is 2.86. The van der Waals surface area contributed by atoms with Crippen LogP contribution < -0.4 is 10.4 Å². The molecule has 2 heterocycles. The van der Waals surface area contributed by atoms with E-state index >= 15 is 0 Å². The van der Waals surface area contributed by atoms with Crippen molar-refractivity contribution in [1.82, 2.24) is 4.98 Å². The molecule has 0 amide bonds. The van der Waals surface area contributed by atoms with E-state index in [9.17, 15) is 4.79 Å². The van der Waals surface area contributed by atoms with Crippen LogP contribution >= 0.6 is 0 Å². The van der Waals surface area contributed by atoms with Gasteiger partial charge in [0.1, 0.15) is 11.3 Å². The number of hydrogen-bond donors (Lipinski definition) is 0. The van der Waals surface area contributed by atoms with E-state index in [1.54, 1.807) is 43.6 Å². The molecule has 0 fully saturated rings. The second-order valence-corrected chi connectivity index (χ2v) is 4.07. The Kier molecular flexibility index (Phi) is 2.76. The third-order valence-electron chi connectivity index (χ3n) is 2.88. The summed E-state index contributed by atoms with van der Waals surface area (Å²) in [6.07, 6.45) is 1.64. The van der Waals surface area contributed by atoms with Crippen LogP contribution in [-0.2, 0) is 0 Å². The van der Waals surface area contributed by atoms with E-state index in [4.69, 9.17) is 9.15 Å². The summed E-state index contributed by atoms with van der Waals surface area (Å²) in [5, 5.41) is 0.805. The van der Waals surface area contributed by atoms with Crippen LogP contribution in [0.4, 0.5) is 0 Å². The third-order valence-corrected chi connectivity index (χ3v) is 2.88. The van der Waals surface area contributed by atoms with Crippen molar-refractivity contribution in [3.63, 3.8) is 0 Å². The van der Waals surface area contributed by atoms with Crippen molar-refractivity contribution in [2.45, 2.75) is 0 Å². The minimum absolute atomic E-state index is 0.392. The molecule has 19 heavy (non-hydrogen) atoms. The predicted molar refractivity (Wildman–Crippen MR) is 72.3 cm³/mol. The summed E-state index contributed by atoms with van der Waals surface area (Å²) >= 11 is 0. The number of hydrogen-bond acceptors (Lipinski definition) is 4. The van der Waals surface area contributed by atoms with Crippen molar-refractivity contribution in [3.8, 4) is 17.0 Å². The molecule has 0 aliphatic carbocycles. The van der Waals surface area contributed by atoms with Gasteiger partial charge >= 0.3 is 5.63 Å². The lowest BCUT2D eigenvalue weighted by Crippen LogP contribution is -2.03. The van der Waals surface area contributed by atoms with Crippen LogP contribution in [0, 0.1) is 0 Å². The monoisotopic (exact) mass is 253 g/mol. The summed E-state index contributed by atoms with van der Waals surface area (Å²) < 4.78 is 10.5. The van der Waals surface area contributed by atoms with E-state index in [1.807, 2.05) is 12.1 Å². The Balaban J connectivity index is 2.26. The largest absolute Gasteiger partial charge is 0.497 e. The maximum atomic E-state index is 12.0. The molecular weight excluding hydrogens is 242 g/mol. The standard InChI is InChI=1S/C15H11NO3/c1-18-11-5-6-14-10(8-11)9-12(15(17)19-14)13-4-2-3-7-16-13/h2-9H,1H3. The first kappa shape index (κ1) is 11.5. The van der Waals surface area contributed by atoms with Crippen LogP contribution in [0.15, 0.2) is 57.9 Å². The smallest absolute Gasteiger partial charge is 0.345 e. The Morgan fingerprint density at radius 3 is 2.79 bits per heavy atom. The number of aromatic nitrogens is 1. The first-order chi connectivity index (χ1) is 9.28. The summed E-state index contributed by atoms with van der Waals surface area (Å²) in [4.78, 5) is 16.1. The molecule has 0 saturated carbocycles. The van der Waals surface area contributed by atoms with Gasteiger partial charge in [0, 0.05) is 11.6 Å². The van der Waals surface area contributed by atoms with Gasteiger partial charge in [-0.25, -0.2) is 4.79 Å². The van der Waals surface area contributed by atoms with Gasteiger partial charge in [0.25, 0.3) is 0 Å². The Hall–Kier alpha value is -2.62. The van der Waals surface area contributed by atoms with E-state index < -0.39 is 5.63 Å². The maximum absolute atomic E-state index is 12.0. The second-order valence-electron chi connectivity index (χ2n) is 4.07. The van der Waals surface area contributed by atoms with Crippen LogP contribution in [0.2, 0.25) is 0 Å². The van der Waals surface area contributed by atoms with E-state index in [0.717, 1.165) is 5.39 Å². The molecule has 3 aromatic rings. The molecule has 0 unspecified atom stereocenters. The molecule has 0 atom stereocenters. The van der Waals surface area contributed by atoms with Crippen molar-refractivity contribution < 1.29 is 9.15 Å². The SMILES string of the molecule is COc1ccc2oc(=O)c(-c3ccccn3)cc2c1. The van der Waals surface area contributed by atoms with E-state index in [-0.39, 0.29) is 0 Å². The molecule has 0 bridgehead atoms. The first-order valence-electron chi connectivity index (χ1n) is 5.81. The van der Waals surface area contributed by atoms with Gasteiger partial charge in [-0.1, -0.05) is 6.07 Å². The highest BCUT2D eigenvalue weighted by molar-refractivity contribution is 5.82. The summed E-state index contributed by atoms with van der Waals surface area (Å²) in [7, 11) is 1.60. The molecule has 0 spiro atoms. The molecule has 0 radical (unpaired) electrons. The molecule has 0 N–H and O–H groups in total. The summed E-state index contributed by atoms with van der Waals surface area (Å²) in [5.74, 6) is 0.716. The zero-order valence-electron chi connectivity index (χ0n) is 10.3. The Labute approximate surface area is 109 Å². The molecule has 0 saturated heterocycles. The molecule has 4 nitrogen and oxygen atoms in total. The van der Waals surface area contributed by atoms with Gasteiger partial charge in [-0.05, 0) is 36.4 Å². The van der Waals surface area contributed by atoms with Gasteiger partial charge in [0.05, 0.1) is 18.4 Å². The summed E-state index contributed by atoms with van der Waals surface area (Å²) in [6.45, 7) is 0. The zero-order valence-corrected chi connectivity index (χ0v) is 10.3. The quantitative estimate of drug-likeness (QED) is 0.659. The van der Waals surface area contributed by atoms with Crippen molar-refractivity contribution in [3.05, 3.63) is 59.1 Å². The fourth-order valence-corrected chi connectivity index (χ4v) is 1.93. The fraction of sp³-hybridized carbons (Fsp3) is 0.0667. The van der Waals surface area contributed by atoms with Crippen LogP contribution in [-0.4, -0.2) is 12.1 Å². The average Bonchev–Trinajstić information content (AvgIpc) is 2.47. The Bertz CT molecular complexity index is 778. The Morgan fingerprint density at radius 2 is 2.05 bits per heavy atom. The maximum Gasteiger partial charge on any atom is 0.345 e. The van der Waals surface area contributed by atoms with Crippen molar-refractivity contribution >= 4 is 11.0 Å². The van der Waals surface area contributed by atoms with Crippen LogP contribution in [0.5, 0.6) is 5.75 Å². The lowest BCUT2D eigenvalue weighted by atomic mass is 10.1. The summed E-state index contributed by atoms with van der Waals surface area (Å²) in [6, 6.07) is 12.5. The minimum Gasteiger partial charge on any atom is -0.497 e. The normalized spacial score (nSPS) is 10.6. The molecule has 2 aromatic heterocycles. The number of benzene rings is 1. The topological polar surface area (TPSA) is 52.3 Å². The van der Waals surface area contributed by atoms with Crippen molar-refractivity contribution in [2.75, 3.05) is 7.11 Å². The highest BCUT2D eigenvalue weighted by atomic mass is 16.5. The summed E-state index contributed by atoms with van der Waals surface area (Å²) in [5.41, 5.74) is 1.18. The van der Waals surface area contributed by atoms with E-state index in [1.165, 1.54) is 0 Å². The van der Waals surface area contributed by atoms with Gasteiger partial charge in [-0.15, -0.1) is 0 Å². The zero-order chi connectivity index (χ0) is 13.2. The Morgan fingerprint density at radius 1 is 1.16 bits per heavy atom. The second kappa shape index (κ2) is 4.57. The molecular formula is C15H11NO3. The molecule has 94 valence electrons. The van der Waals surface area contributed by atoms with Crippen molar-refractivity contribution in [1.29, 1.82) is 0 Å². The van der Waals surface area contributed by atoms with Crippen molar-refractivity contribution in [2.24, 2.45) is 0 Å². The molecule has 0 aliphatic heterocycles. The van der Waals surface area contributed by atoms with E-state index in [2.05, 4.69) is 4.98 Å².